The molecule has 2 saturated heterocycles. The van der Waals surface area contributed by atoms with Crippen molar-refractivity contribution in [3.8, 4) is 0 Å². The van der Waals surface area contributed by atoms with E-state index in [-0.39, 0.29) is 13.2 Å². The summed E-state index contributed by atoms with van der Waals surface area (Å²) in [5.74, 6) is -0.570. The van der Waals surface area contributed by atoms with Gasteiger partial charge in [-0.25, -0.2) is 4.79 Å². The van der Waals surface area contributed by atoms with Gasteiger partial charge < -0.3 is 33.9 Å². The fraction of sp³-hybridized carbons (Fsp3) is 0.605. The minimum absolute atomic E-state index is 0.104. The Morgan fingerprint density at radius 2 is 1.55 bits per heavy atom. The number of carbonyl (C=O) groups excluding carboxylic acids is 1. The van der Waals surface area contributed by atoms with Crippen LogP contribution in [0.5, 0.6) is 0 Å². The molecule has 4 rings (SSSR count). The van der Waals surface area contributed by atoms with Gasteiger partial charge >= 0.3 is 5.97 Å². The number of hydrogen-bond acceptors (Lipinski definition) is 9. The first-order valence-corrected chi connectivity index (χ1v) is 17.9. The van der Waals surface area contributed by atoms with Gasteiger partial charge in [-0.05, 0) is 36.6 Å². The van der Waals surface area contributed by atoms with E-state index in [1.807, 2.05) is 36.4 Å². The second kappa shape index (κ2) is 21.7. The van der Waals surface area contributed by atoms with Crippen molar-refractivity contribution < 1.29 is 38.7 Å². The second-order valence-corrected chi connectivity index (χ2v) is 12.8. The van der Waals surface area contributed by atoms with Crippen molar-refractivity contribution in [3.05, 3.63) is 94.4 Å². The zero-order valence-corrected chi connectivity index (χ0v) is 28.6. The number of azide groups is 1. The maximum Gasteiger partial charge on any atom is 0.338 e. The fourth-order valence-corrected chi connectivity index (χ4v) is 6.12. The first-order valence-electron chi connectivity index (χ1n) is 17.9. The molecule has 0 bridgehead atoms. The van der Waals surface area contributed by atoms with E-state index in [9.17, 15) is 20.5 Å². The van der Waals surface area contributed by atoms with Crippen LogP contribution >= 0.6 is 0 Å². The van der Waals surface area contributed by atoms with Gasteiger partial charge in [0.05, 0.1) is 18.8 Å². The Labute approximate surface area is 290 Å². The molecule has 0 spiro atoms. The highest BCUT2D eigenvalue weighted by atomic mass is 16.8. The summed E-state index contributed by atoms with van der Waals surface area (Å²) in [6.45, 7) is 2.09. The Bertz CT molecular complexity index is 1290. The number of carbonyl (C=O) groups is 1. The number of ether oxygens (including phenoxy) is 5. The maximum atomic E-state index is 13.0. The van der Waals surface area contributed by atoms with Gasteiger partial charge in [0.15, 0.2) is 12.6 Å². The summed E-state index contributed by atoms with van der Waals surface area (Å²) in [5.41, 5.74) is 10.6. The maximum absolute atomic E-state index is 13.0. The molecule has 0 amide bonds. The highest BCUT2D eigenvalue weighted by Gasteiger charge is 2.49. The van der Waals surface area contributed by atoms with Crippen molar-refractivity contribution in [1.82, 2.24) is 0 Å². The molecule has 11 heteroatoms. The molecule has 0 saturated carbocycles. The molecule has 2 fully saturated rings. The number of fused-ring (bicyclic) bond motifs is 1. The van der Waals surface area contributed by atoms with E-state index >= 15 is 0 Å². The molecule has 268 valence electrons. The number of unbranched alkanes of at least 4 members (excludes halogenated alkanes) is 11. The predicted octanol–water partition coefficient (Wildman–Crippen LogP) is 7.73. The van der Waals surface area contributed by atoms with Crippen molar-refractivity contribution in [2.75, 3.05) is 13.2 Å². The summed E-state index contributed by atoms with van der Waals surface area (Å²) in [5, 5.41) is 25.8. The van der Waals surface area contributed by atoms with Crippen molar-refractivity contribution in [3.63, 3.8) is 0 Å². The van der Waals surface area contributed by atoms with Crippen LogP contribution in [0.4, 0.5) is 0 Å². The molecular weight excluding hydrogens is 626 g/mol. The normalized spacial score (nSPS) is 24.9. The quantitative estimate of drug-likeness (QED) is 0.0340. The summed E-state index contributed by atoms with van der Waals surface area (Å²) >= 11 is 0. The van der Waals surface area contributed by atoms with Gasteiger partial charge in [0.2, 0.25) is 0 Å². The predicted molar refractivity (Wildman–Crippen MR) is 185 cm³/mol. The Morgan fingerprint density at radius 1 is 0.918 bits per heavy atom. The summed E-state index contributed by atoms with van der Waals surface area (Å²) in [7, 11) is 0. The van der Waals surface area contributed by atoms with Crippen LogP contribution in [0, 0.1) is 0 Å². The van der Waals surface area contributed by atoms with Gasteiger partial charge in [0.1, 0.15) is 36.6 Å². The highest BCUT2D eigenvalue weighted by molar-refractivity contribution is 5.89. The number of aliphatic hydroxyl groups is 2. The van der Waals surface area contributed by atoms with Crippen LogP contribution < -0.4 is 0 Å². The van der Waals surface area contributed by atoms with E-state index in [4.69, 9.17) is 23.7 Å². The zero-order valence-electron chi connectivity index (χ0n) is 28.6. The lowest BCUT2D eigenvalue weighted by Crippen LogP contribution is -2.62. The van der Waals surface area contributed by atoms with Gasteiger partial charge in [0, 0.05) is 10.5 Å². The third-order valence-corrected chi connectivity index (χ3v) is 8.97. The number of benzene rings is 2. The number of nitrogens with zero attached hydrogens (tertiary/aromatic N) is 3. The molecule has 2 aromatic rings. The number of rotatable bonds is 21. The lowest BCUT2D eigenvalue weighted by atomic mass is 9.98. The highest BCUT2D eigenvalue weighted by Crippen LogP contribution is 2.34. The summed E-state index contributed by atoms with van der Waals surface area (Å²) in [6.07, 6.45) is 10.9. The minimum Gasteiger partial charge on any atom is -0.454 e. The molecule has 0 radical (unpaired) electrons. The molecule has 0 aromatic heterocycles. The molecule has 11 nitrogen and oxygen atoms in total. The van der Waals surface area contributed by atoms with Gasteiger partial charge in [-0.15, -0.1) is 0 Å². The Morgan fingerprint density at radius 3 is 2.20 bits per heavy atom. The molecule has 2 N–H and O–H groups in total. The third kappa shape index (κ3) is 12.5. The molecule has 8 atom stereocenters. The molecule has 2 aliphatic heterocycles. The summed E-state index contributed by atoms with van der Waals surface area (Å²) in [4.78, 5) is 16.0. The number of esters is 1. The standard InChI is InChI=1S/C38H53N3O8/c1-2-3-4-5-6-7-8-9-10-11-12-13-20-25-31(47-36(44)28-21-16-14-17-22-28)30(40-41-39)26-45-38-34(43)33(42)35-32(48-38)27-46-37(49-35)29-23-18-15-19-24-29/h14-25,30-35,37-38,42-43H,2-13,26-27H2,1H3/t30-,31+,32+,33+,34+,35-,37?,38+/m0/s1. The number of allylic oxidation sites excluding steroid dienone is 1. The van der Waals surface area contributed by atoms with E-state index in [1.165, 1.54) is 57.8 Å². The van der Waals surface area contributed by atoms with Crippen molar-refractivity contribution in [2.24, 2.45) is 5.11 Å². The monoisotopic (exact) mass is 679 g/mol. The average molecular weight is 680 g/mol. The van der Waals surface area contributed by atoms with Gasteiger partial charge in [-0.1, -0.05) is 131 Å². The smallest absolute Gasteiger partial charge is 0.338 e. The van der Waals surface area contributed by atoms with Crippen LogP contribution in [-0.2, 0) is 23.7 Å². The van der Waals surface area contributed by atoms with Gasteiger partial charge in [-0.3, -0.25) is 0 Å². The van der Waals surface area contributed by atoms with E-state index in [0.717, 1.165) is 24.8 Å². The van der Waals surface area contributed by atoms with E-state index < -0.39 is 55.1 Å². The van der Waals surface area contributed by atoms with E-state index in [2.05, 4.69) is 16.9 Å². The van der Waals surface area contributed by atoms with Crippen LogP contribution in [0.1, 0.15) is 106 Å². The molecule has 0 aliphatic carbocycles. The molecule has 1 unspecified atom stereocenters. The Hall–Kier alpha value is -3.28. The lowest BCUT2D eigenvalue weighted by Gasteiger charge is -2.46. The van der Waals surface area contributed by atoms with Crippen LogP contribution in [0.15, 0.2) is 77.9 Å². The Kier molecular flexibility index (Phi) is 17.1. The molecular formula is C38H53N3O8. The lowest BCUT2D eigenvalue weighted by molar-refractivity contribution is -0.361. The number of aliphatic hydroxyl groups excluding tert-OH is 2. The fourth-order valence-electron chi connectivity index (χ4n) is 6.12. The summed E-state index contributed by atoms with van der Waals surface area (Å²) < 4.78 is 29.5. The topological polar surface area (TPSA) is 152 Å². The number of hydrogen-bond donors (Lipinski definition) is 2. The van der Waals surface area contributed by atoms with Crippen LogP contribution in [0.2, 0.25) is 0 Å². The first-order chi connectivity index (χ1) is 24.0. The van der Waals surface area contributed by atoms with Crippen molar-refractivity contribution in [2.45, 2.75) is 133 Å². The molecule has 2 heterocycles. The van der Waals surface area contributed by atoms with Gasteiger partial charge in [0.25, 0.3) is 0 Å². The minimum atomic E-state index is -1.45. The van der Waals surface area contributed by atoms with Gasteiger partial charge in [-0.2, -0.15) is 0 Å². The zero-order chi connectivity index (χ0) is 34.7. The largest absolute Gasteiger partial charge is 0.454 e. The molecule has 49 heavy (non-hydrogen) atoms. The second-order valence-electron chi connectivity index (χ2n) is 12.8. The average Bonchev–Trinajstić information content (AvgIpc) is 3.14. The summed E-state index contributed by atoms with van der Waals surface area (Å²) in [6, 6.07) is 16.9. The third-order valence-electron chi connectivity index (χ3n) is 8.97. The SMILES string of the molecule is CCCCCCCCCCCCCC=C[C@@H](OC(=O)c1ccccc1)[C@H](CO[C@@H]1O[C@@H]2COC(c3ccccc3)O[C@@H]2[C@H](O)[C@H]1O)N=[N+]=[N-]. The molecule has 2 aromatic carbocycles. The first kappa shape index (κ1) is 38.5. The van der Waals surface area contributed by atoms with Crippen molar-refractivity contribution >= 4 is 5.97 Å². The van der Waals surface area contributed by atoms with E-state index in [0.29, 0.717) is 5.56 Å². The Balaban J connectivity index is 1.30. The van der Waals surface area contributed by atoms with Crippen LogP contribution in [-0.4, -0.2) is 72.2 Å². The van der Waals surface area contributed by atoms with E-state index in [1.54, 1.807) is 36.4 Å². The van der Waals surface area contributed by atoms with Crippen LogP contribution in [0.25, 0.3) is 10.4 Å². The van der Waals surface area contributed by atoms with Crippen molar-refractivity contribution in [1.29, 1.82) is 0 Å². The molecule has 2 aliphatic rings. The van der Waals surface area contributed by atoms with Crippen LogP contribution in [0.3, 0.4) is 0 Å².